The van der Waals surface area contributed by atoms with Crippen molar-refractivity contribution in [2.45, 2.75) is 25.1 Å². The summed E-state index contributed by atoms with van der Waals surface area (Å²) in [5, 5.41) is 11.6. The Morgan fingerprint density at radius 3 is 2.71 bits per heavy atom. The maximum Gasteiger partial charge on any atom is 0.416 e. The van der Waals surface area contributed by atoms with Crippen LogP contribution in [-0.2, 0) is 10.9 Å². The fraction of sp³-hybridized carbons (Fsp3) is 0.500. The number of ether oxygens (including phenoxy) is 1. The van der Waals surface area contributed by atoms with Gasteiger partial charge in [-0.2, -0.15) is 18.4 Å². The van der Waals surface area contributed by atoms with Crippen molar-refractivity contribution in [3.8, 4) is 6.07 Å². The van der Waals surface area contributed by atoms with Crippen molar-refractivity contribution in [2.75, 3.05) is 26.2 Å². The Morgan fingerprint density at radius 1 is 1.46 bits per heavy atom. The van der Waals surface area contributed by atoms with Gasteiger partial charge in [-0.1, -0.05) is 19.1 Å². The maximum atomic E-state index is 12.5. The van der Waals surface area contributed by atoms with Crippen LogP contribution < -0.4 is 5.32 Å². The van der Waals surface area contributed by atoms with Gasteiger partial charge in [-0.25, -0.2) is 4.79 Å². The number of nitrogens with zero attached hydrogens (tertiary/aromatic N) is 2. The number of carbonyl (C=O) groups excluding carboxylic acids is 1. The van der Waals surface area contributed by atoms with E-state index in [0.717, 1.165) is 12.1 Å². The van der Waals surface area contributed by atoms with Crippen LogP contribution in [0.4, 0.5) is 18.0 Å². The summed E-state index contributed by atoms with van der Waals surface area (Å²) in [6.07, 6.45) is -4.99. The van der Waals surface area contributed by atoms with Gasteiger partial charge < -0.3 is 15.0 Å². The molecule has 1 aromatic carbocycles. The van der Waals surface area contributed by atoms with E-state index >= 15 is 0 Å². The van der Waals surface area contributed by atoms with Crippen LogP contribution in [0.1, 0.15) is 24.0 Å². The van der Waals surface area contributed by atoms with E-state index in [1.54, 1.807) is 0 Å². The van der Waals surface area contributed by atoms with E-state index in [-0.39, 0.29) is 18.5 Å². The van der Waals surface area contributed by atoms with Crippen LogP contribution in [0.3, 0.4) is 0 Å². The Labute approximate surface area is 138 Å². The molecule has 1 heterocycles. The minimum Gasteiger partial charge on any atom is -0.360 e. The van der Waals surface area contributed by atoms with Crippen LogP contribution in [0.2, 0.25) is 0 Å². The zero-order valence-corrected chi connectivity index (χ0v) is 13.1. The normalized spacial score (nSPS) is 19.5. The molecule has 2 atom stereocenters. The van der Waals surface area contributed by atoms with Crippen molar-refractivity contribution in [2.24, 2.45) is 0 Å². The van der Waals surface area contributed by atoms with Gasteiger partial charge in [-0.3, -0.25) is 0 Å². The average molecular weight is 341 g/mol. The second-order valence-electron chi connectivity index (χ2n) is 5.64. The molecule has 0 radical (unpaired) electrons. The smallest absolute Gasteiger partial charge is 0.360 e. The van der Waals surface area contributed by atoms with Crippen LogP contribution in [-0.4, -0.2) is 43.3 Å². The van der Waals surface area contributed by atoms with E-state index in [4.69, 9.17) is 10.00 Å². The number of hydrogen-bond acceptors (Lipinski definition) is 3. The van der Waals surface area contributed by atoms with Gasteiger partial charge in [0.1, 0.15) is 0 Å². The first-order valence-corrected chi connectivity index (χ1v) is 7.52. The molecule has 0 aliphatic carbocycles. The fourth-order valence-electron chi connectivity index (χ4n) is 2.38. The zero-order chi connectivity index (χ0) is 17.7. The molecule has 24 heavy (non-hydrogen) atoms. The number of nitriles is 1. The number of halogens is 3. The summed E-state index contributed by atoms with van der Waals surface area (Å²) < 4.78 is 42.8. The fourth-order valence-corrected chi connectivity index (χ4v) is 2.38. The molecule has 8 heteroatoms. The van der Waals surface area contributed by atoms with Crippen LogP contribution in [0.25, 0.3) is 0 Å². The zero-order valence-electron chi connectivity index (χ0n) is 13.1. The number of amides is 2. The summed E-state index contributed by atoms with van der Waals surface area (Å²) in [5.41, 5.74) is 0.0125. The minimum absolute atomic E-state index is 0.135. The first kappa shape index (κ1) is 18.1. The highest BCUT2D eigenvalue weighted by Crippen LogP contribution is 2.30. The van der Waals surface area contributed by atoms with E-state index < -0.39 is 17.8 Å². The van der Waals surface area contributed by atoms with Gasteiger partial charge in [0.05, 0.1) is 24.8 Å². The highest BCUT2D eigenvalue weighted by atomic mass is 19.4. The quantitative estimate of drug-likeness (QED) is 0.919. The molecule has 0 bridgehead atoms. The lowest BCUT2D eigenvalue weighted by Gasteiger charge is -2.30. The number of carbonyl (C=O) groups is 1. The number of alkyl halides is 3. The molecule has 1 aliphatic heterocycles. The van der Waals surface area contributed by atoms with Crippen LogP contribution in [0.5, 0.6) is 0 Å². The third-order valence-corrected chi connectivity index (χ3v) is 3.86. The third kappa shape index (κ3) is 4.61. The standard InChI is InChI=1S/C16H18F3N3O2/c1-11(12-2-4-13(5-3-12)16(17,18)19)9-21-15(23)22-6-7-24-14(8-20)10-22/h2-5,11,14H,6-7,9-10H2,1H3,(H,21,23). The average Bonchev–Trinajstić information content (AvgIpc) is 2.58. The summed E-state index contributed by atoms with van der Waals surface area (Å²) >= 11 is 0. The summed E-state index contributed by atoms with van der Waals surface area (Å²) in [6, 6.07) is 6.56. The largest absolute Gasteiger partial charge is 0.416 e. The molecule has 130 valence electrons. The number of benzene rings is 1. The molecule has 1 fully saturated rings. The van der Waals surface area contributed by atoms with E-state index in [1.165, 1.54) is 17.0 Å². The van der Waals surface area contributed by atoms with Crippen molar-refractivity contribution in [1.29, 1.82) is 5.26 Å². The Kier molecular flexibility index (Phi) is 5.67. The topological polar surface area (TPSA) is 65.4 Å². The SMILES string of the molecule is CC(CNC(=O)N1CCOC(C#N)C1)c1ccc(C(F)(F)F)cc1. The van der Waals surface area contributed by atoms with Gasteiger partial charge in [0.2, 0.25) is 0 Å². The molecule has 2 rings (SSSR count). The highest BCUT2D eigenvalue weighted by molar-refractivity contribution is 5.74. The van der Waals surface area contributed by atoms with E-state index in [2.05, 4.69) is 5.32 Å². The summed E-state index contributed by atoms with van der Waals surface area (Å²) in [5.74, 6) is -0.135. The Hall–Kier alpha value is -2.27. The number of urea groups is 1. The predicted octanol–water partition coefficient (Wildman–Crippen LogP) is 2.74. The summed E-state index contributed by atoms with van der Waals surface area (Å²) in [7, 11) is 0. The van der Waals surface area contributed by atoms with Crippen LogP contribution >= 0.6 is 0 Å². The number of morpholine rings is 1. The lowest BCUT2D eigenvalue weighted by Crippen LogP contribution is -2.49. The van der Waals surface area contributed by atoms with Gasteiger partial charge in [0, 0.05) is 13.1 Å². The Morgan fingerprint density at radius 2 is 2.12 bits per heavy atom. The Balaban J connectivity index is 1.87. The van der Waals surface area contributed by atoms with Gasteiger partial charge in [-0.05, 0) is 23.6 Å². The van der Waals surface area contributed by atoms with Gasteiger partial charge in [0.25, 0.3) is 0 Å². The molecule has 1 saturated heterocycles. The molecule has 2 unspecified atom stereocenters. The monoisotopic (exact) mass is 341 g/mol. The molecule has 1 aliphatic rings. The Bertz CT molecular complexity index is 610. The van der Waals surface area contributed by atoms with Gasteiger partial charge in [-0.15, -0.1) is 0 Å². The first-order valence-electron chi connectivity index (χ1n) is 7.52. The molecule has 0 saturated carbocycles. The molecular formula is C16H18F3N3O2. The predicted molar refractivity (Wildman–Crippen MR) is 80.2 cm³/mol. The van der Waals surface area contributed by atoms with E-state index in [0.29, 0.717) is 25.3 Å². The van der Waals surface area contributed by atoms with E-state index in [9.17, 15) is 18.0 Å². The van der Waals surface area contributed by atoms with E-state index in [1.807, 2.05) is 13.0 Å². The molecular weight excluding hydrogens is 323 g/mol. The second-order valence-corrected chi connectivity index (χ2v) is 5.64. The van der Waals surface area contributed by atoms with Crippen molar-refractivity contribution >= 4 is 6.03 Å². The molecule has 2 amide bonds. The lowest BCUT2D eigenvalue weighted by molar-refractivity contribution is -0.137. The van der Waals surface area contributed by atoms with Gasteiger partial charge in [0.15, 0.2) is 6.10 Å². The first-order chi connectivity index (χ1) is 11.3. The van der Waals surface area contributed by atoms with Crippen LogP contribution in [0, 0.1) is 11.3 Å². The summed E-state index contributed by atoms with van der Waals surface area (Å²) in [6.45, 7) is 3.02. The number of rotatable bonds is 3. The highest BCUT2D eigenvalue weighted by Gasteiger charge is 2.30. The second kappa shape index (κ2) is 7.53. The number of hydrogen-bond donors (Lipinski definition) is 1. The molecule has 1 aromatic rings. The number of nitrogens with one attached hydrogen (secondary N) is 1. The molecule has 5 nitrogen and oxygen atoms in total. The van der Waals surface area contributed by atoms with Crippen molar-refractivity contribution in [3.63, 3.8) is 0 Å². The van der Waals surface area contributed by atoms with Crippen molar-refractivity contribution in [1.82, 2.24) is 10.2 Å². The lowest BCUT2D eigenvalue weighted by atomic mass is 10.00. The minimum atomic E-state index is -4.36. The third-order valence-electron chi connectivity index (χ3n) is 3.86. The van der Waals surface area contributed by atoms with Crippen LogP contribution in [0.15, 0.2) is 24.3 Å². The summed E-state index contributed by atoms with van der Waals surface area (Å²) in [4.78, 5) is 13.6. The van der Waals surface area contributed by atoms with Crippen molar-refractivity contribution in [3.05, 3.63) is 35.4 Å². The molecule has 0 spiro atoms. The maximum absolute atomic E-state index is 12.5. The molecule has 0 aromatic heterocycles. The van der Waals surface area contributed by atoms with Crippen molar-refractivity contribution < 1.29 is 22.7 Å². The van der Waals surface area contributed by atoms with Gasteiger partial charge >= 0.3 is 12.2 Å². The molecule has 1 N–H and O–H groups in total.